The van der Waals surface area contributed by atoms with Crippen molar-refractivity contribution in [2.45, 2.75) is 6.92 Å². The van der Waals surface area contributed by atoms with E-state index in [2.05, 4.69) is 20.6 Å². The molecule has 0 aliphatic rings. The summed E-state index contributed by atoms with van der Waals surface area (Å²) >= 11 is 0. The number of carbonyl (C=O) groups is 1. The van der Waals surface area contributed by atoms with E-state index in [1.807, 2.05) is 30.3 Å². The summed E-state index contributed by atoms with van der Waals surface area (Å²) in [6, 6.07) is 17.7. The molecule has 0 unspecified atom stereocenters. The highest BCUT2D eigenvalue weighted by Crippen LogP contribution is 2.25. The van der Waals surface area contributed by atoms with Crippen molar-refractivity contribution in [2.75, 3.05) is 17.7 Å². The first-order valence-electron chi connectivity index (χ1n) is 8.16. The van der Waals surface area contributed by atoms with Crippen LogP contribution in [0.2, 0.25) is 0 Å². The number of nitrogens with one attached hydrogen (secondary N) is 2. The summed E-state index contributed by atoms with van der Waals surface area (Å²) in [5, 5.41) is 14.8. The first-order chi connectivity index (χ1) is 13.1. The van der Waals surface area contributed by atoms with Gasteiger partial charge in [-0.1, -0.05) is 18.2 Å². The molecule has 2 aromatic carbocycles. The van der Waals surface area contributed by atoms with Crippen LogP contribution >= 0.6 is 0 Å². The first-order valence-corrected chi connectivity index (χ1v) is 8.16. The van der Waals surface area contributed by atoms with Crippen molar-refractivity contribution in [2.24, 2.45) is 0 Å². The summed E-state index contributed by atoms with van der Waals surface area (Å²) in [7, 11) is 1.58. The molecule has 1 heterocycles. The van der Waals surface area contributed by atoms with Crippen LogP contribution in [0.3, 0.4) is 0 Å². The number of aromatic nitrogens is 2. The van der Waals surface area contributed by atoms with Gasteiger partial charge in [-0.3, -0.25) is 4.79 Å². The molecule has 0 atom stereocenters. The summed E-state index contributed by atoms with van der Waals surface area (Å²) in [5.41, 5.74) is 2.53. The Morgan fingerprint density at radius 1 is 1.11 bits per heavy atom. The van der Waals surface area contributed by atoms with E-state index in [0.717, 1.165) is 0 Å². The number of rotatable bonds is 5. The number of nitrogens with zero attached hydrogens (tertiary/aromatic N) is 3. The second kappa shape index (κ2) is 7.97. The predicted molar refractivity (Wildman–Crippen MR) is 102 cm³/mol. The molecule has 0 saturated carbocycles. The number of hydrogen-bond acceptors (Lipinski definition) is 6. The van der Waals surface area contributed by atoms with Gasteiger partial charge in [0.2, 0.25) is 5.95 Å². The number of para-hydroxylation sites is 2. The average molecular weight is 359 g/mol. The molecule has 3 aromatic rings. The molecule has 1 aromatic heterocycles. The summed E-state index contributed by atoms with van der Waals surface area (Å²) in [6.45, 7) is 1.78. The maximum Gasteiger partial charge on any atom is 0.274 e. The Bertz CT molecular complexity index is 1030. The number of benzene rings is 2. The quantitative estimate of drug-likeness (QED) is 0.721. The highest BCUT2D eigenvalue weighted by molar-refractivity contribution is 6.03. The van der Waals surface area contributed by atoms with Gasteiger partial charge in [0.1, 0.15) is 11.4 Å². The SMILES string of the molecule is COc1ccccc1Nc1nc(C)cc(C(=O)Nc2cccc(C#N)c2)n1. The lowest BCUT2D eigenvalue weighted by molar-refractivity contribution is 0.102. The minimum atomic E-state index is -0.390. The van der Waals surface area contributed by atoms with Gasteiger partial charge in [0.15, 0.2) is 0 Å². The van der Waals surface area contributed by atoms with Crippen LogP contribution in [0.15, 0.2) is 54.6 Å². The number of nitriles is 1. The zero-order valence-corrected chi connectivity index (χ0v) is 14.9. The number of aryl methyl sites for hydroxylation is 1. The molecule has 0 radical (unpaired) electrons. The number of methoxy groups -OCH3 is 1. The summed E-state index contributed by atoms with van der Waals surface area (Å²) < 4.78 is 5.30. The molecular weight excluding hydrogens is 342 g/mol. The van der Waals surface area contributed by atoms with Gasteiger partial charge in [-0.05, 0) is 43.3 Å². The summed E-state index contributed by atoms with van der Waals surface area (Å²) in [5.74, 6) is 0.538. The lowest BCUT2D eigenvalue weighted by atomic mass is 10.2. The van der Waals surface area contributed by atoms with E-state index in [1.54, 1.807) is 44.4 Å². The molecule has 2 N–H and O–H groups in total. The topological polar surface area (TPSA) is 99.9 Å². The van der Waals surface area contributed by atoms with Gasteiger partial charge in [0, 0.05) is 11.4 Å². The Morgan fingerprint density at radius 3 is 2.70 bits per heavy atom. The minimum Gasteiger partial charge on any atom is -0.495 e. The second-order valence-corrected chi connectivity index (χ2v) is 5.69. The van der Waals surface area contributed by atoms with Crippen molar-refractivity contribution in [1.29, 1.82) is 5.26 Å². The molecule has 0 aliphatic heterocycles. The number of hydrogen-bond donors (Lipinski definition) is 2. The first kappa shape index (κ1) is 17.9. The van der Waals surface area contributed by atoms with E-state index in [-0.39, 0.29) is 11.6 Å². The van der Waals surface area contributed by atoms with E-state index in [0.29, 0.717) is 28.4 Å². The molecule has 7 heteroatoms. The summed E-state index contributed by atoms with van der Waals surface area (Å²) in [4.78, 5) is 21.2. The molecule has 3 rings (SSSR count). The van der Waals surface area contributed by atoms with Crippen molar-refractivity contribution in [1.82, 2.24) is 9.97 Å². The number of amides is 1. The van der Waals surface area contributed by atoms with Crippen LogP contribution in [0.25, 0.3) is 0 Å². The molecule has 0 saturated heterocycles. The van der Waals surface area contributed by atoms with Crippen molar-refractivity contribution < 1.29 is 9.53 Å². The van der Waals surface area contributed by atoms with Gasteiger partial charge in [0.05, 0.1) is 24.4 Å². The highest BCUT2D eigenvalue weighted by atomic mass is 16.5. The Balaban J connectivity index is 1.84. The van der Waals surface area contributed by atoms with Gasteiger partial charge < -0.3 is 15.4 Å². The average Bonchev–Trinajstić information content (AvgIpc) is 2.68. The second-order valence-electron chi connectivity index (χ2n) is 5.69. The molecule has 7 nitrogen and oxygen atoms in total. The van der Waals surface area contributed by atoms with Gasteiger partial charge >= 0.3 is 0 Å². The largest absolute Gasteiger partial charge is 0.495 e. The van der Waals surface area contributed by atoms with Crippen LogP contribution in [-0.4, -0.2) is 23.0 Å². The van der Waals surface area contributed by atoms with Crippen molar-refractivity contribution in [3.8, 4) is 11.8 Å². The third kappa shape index (κ3) is 4.38. The van der Waals surface area contributed by atoms with Gasteiger partial charge in [-0.25, -0.2) is 9.97 Å². The lowest BCUT2D eigenvalue weighted by Gasteiger charge is -2.11. The molecule has 0 fully saturated rings. The van der Waals surface area contributed by atoms with E-state index in [1.165, 1.54) is 0 Å². The fraction of sp³-hybridized carbons (Fsp3) is 0.100. The van der Waals surface area contributed by atoms with Crippen LogP contribution < -0.4 is 15.4 Å². The fourth-order valence-corrected chi connectivity index (χ4v) is 2.47. The maximum atomic E-state index is 12.6. The smallest absolute Gasteiger partial charge is 0.274 e. The van der Waals surface area contributed by atoms with Gasteiger partial charge in [-0.2, -0.15) is 5.26 Å². The van der Waals surface area contributed by atoms with Crippen LogP contribution in [0, 0.1) is 18.3 Å². The Labute approximate surface area is 156 Å². The zero-order valence-electron chi connectivity index (χ0n) is 14.9. The maximum absolute atomic E-state index is 12.6. The molecule has 1 amide bonds. The van der Waals surface area contributed by atoms with E-state index in [4.69, 9.17) is 10.00 Å². The van der Waals surface area contributed by atoms with Crippen molar-refractivity contribution >= 4 is 23.2 Å². The third-order valence-corrected chi connectivity index (χ3v) is 3.69. The van der Waals surface area contributed by atoms with E-state index in [9.17, 15) is 4.79 Å². The van der Waals surface area contributed by atoms with Crippen LogP contribution in [-0.2, 0) is 0 Å². The fourth-order valence-electron chi connectivity index (χ4n) is 2.47. The van der Waals surface area contributed by atoms with Crippen LogP contribution in [0.5, 0.6) is 5.75 Å². The molecular formula is C20H17N5O2. The monoisotopic (exact) mass is 359 g/mol. The predicted octanol–water partition coefficient (Wildman–Crippen LogP) is 3.66. The molecule has 134 valence electrons. The molecule has 0 aliphatic carbocycles. The molecule has 0 bridgehead atoms. The van der Waals surface area contributed by atoms with Crippen LogP contribution in [0.4, 0.5) is 17.3 Å². The third-order valence-electron chi connectivity index (χ3n) is 3.69. The lowest BCUT2D eigenvalue weighted by Crippen LogP contribution is -2.15. The number of carbonyl (C=O) groups excluding carboxylic acids is 1. The Hall–Kier alpha value is -3.92. The van der Waals surface area contributed by atoms with E-state index >= 15 is 0 Å². The van der Waals surface area contributed by atoms with Crippen molar-refractivity contribution in [3.05, 3.63) is 71.5 Å². The number of ether oxygens (including phenoxy) is 1. The Morgan fingerprint density at radius 2 is 1.93 bits per heavy atom. The minimum absolute atomic E-state index is 0.210. The van der Waals surface area contributed by atoms with Gasteiger partial charge in [0.25, 0.3) is 5.91 Å². The number of anilines is 3. The van der Waals surface area contributed by atoms with Crippen molar-refractivity contribution in [3.63, 3.8) is 0 Å². The van der Waals surface area contributed by atoms with Crippen LogP contribution in [0.1, 0.15) is 21.7 Å². The molecule has 27 heavy (non-hydrogen) atoms. The standard InChI is InChI=1S/C20H17N5O2/c1-13-10-17(19(26)23-15-7-5-6-14(11-15)12-21)25-20(22-13)24-16-8-3-4-9-18(16)27-2/h3-11H,1-2H3,(H,23,26)(H,22,24,25). The molecule has 0 spiro atoms. The highest BCUT2D eigenvalue weighted by Gasteiger charge is 2.12. The normalized spacial score (nSPS) is 9.96. The summed E-state index contributed by atoms with van der Waals surface area (Å²) in [6.07, 6.45) is 0. The zero-order chi connectivity index (χ0) is 19.2. The van der Waals surface area contributed by atoms with E-state index < -0.39 is 5.91 Å². The Kier molecular flexibility index (Phi) is 5.28. The van der Waals surface area contributed by atoms with Gasteiger partial charge in [-0.15, -0.1) is 0 Å².